The second-order valence-electron chi connectivity index (χ2n) is 2.69. The van der Waals surface area contributed by atoms with Gasteiger partial charge in [0.2, 0.25) is 0 Å². The molecule has 0 aliphatic rings. The average Bonchev–Trinajstić information content (AvgIpc) is 2.47. The first kappa shape index (κ1) is 7.31. The van der Waals surface area contributed by atoms with Gasteiger partial charge in [-0.15, -0.1) is 0 Å². The number of hydrogen-bond donors (Lipinski definition) is 2. The minimum Gasteiger partial charge on any atom is -0.473 e. The highest BCUT2D eigenvalue weighted by atomic mass is 15.0. The van der Waals surface area contributed by atoms with E-state index in [1.165, 1.54) is 0 Å². The van der Waals surface area contributed by atoms with E-state index in [9.17, 15) is 0 Å². The third-order valence-corrected chi connectivity index (χ3v) is 1.78. The number of nitrogens with two attached hydrogens (primary N) is 1. The Morgan fingerprint density at radius 1 is 1.42 bits per heavy atom. The van der Waals surface area contributed by atoms with Crippen molar-refractivity contribution >= 4 is 11.0 Å². The molecule has 3 heteroatoms. The van der Waals surface area contributed by atoms with E-state index in [0.29, 0.717) is 0 Å². The van der Waals surface area contributed by atoms with Gasteiger partial charge in [-0.25, -0.2) is 4.98 Å². The Labute approximate surface area is 70.8 Å². The van der Waals surface area contributed by atoms with E-state index in [2.05, 4.69) is 17.0 Å². The Kier molecular flexibility index (Phi) is 1.80. The summed E-state index contributed by atoms with van der Waals surface area (Å²) in [6.45, 7) is 0.800. The number of para-hydroxylation sites is 2. The maximum absolute atomic E-state index is 4.38. The molecule has 2 rings (SSSR count). The van der Waals surface area contributed by atoms with Gasteiger partial charge in [-0.2, -0.15) is 7.05 Å². The lowest BCUT2D eigenvalue weighted by atomic mass is 10.3. The number of quaternary nitrogens is 1. The predicted octanol–water partition coefficient (Wildman–Crippen LogP) is 0.418. The molecular formula is C9H11N3. The molecule has 0 spiro atoms. The van der Waals surface area contributed by atoms with Gasteiger partial charge in [-0.05, 0) is 12.1 Å². The Morgan fingerprint density at radius 2 is 2.25 bits per heavy atom. The highest BCUT2D eigenvalue weighted by Gasteiger charge is 1.99. The van der Waals surface area contributed by atoms with Crippen molar-refractivity contribution in [2.45, 2.75) is 6.54 Å². The summed E-state index contributed by atoms with van der Waals surface area (Å²) in [5, 5.41) is 1.84. The third-order valence-electron chi connectivity index (χ3n) is 1.78. The molecule has 12 heavy (non-hydrogen) atoms. The highest BCUT2D eigenvalue weighted by Crippen LogP contribution is 2.08. The van der Waals surface area contributed by atoms with Crippen LogP contribution in [0.3, 0.4) is 0 Å². The molecule has 0 atom stereocenters. The number of nitrogens with one attached hydrogen (secondary N) is 1. The van der Waals surface area contributed by atoms with Crippen LogP contribution in [0.5, 0.6) is 0 Å². The maximum Gasteiger partial charge on any atom is 0.160 e. The standard InChI is InChI=1S/C9H11N3/c1-10-6-9-11-7-4-2-3-5-8(7)12-9/h2-5H,1,6,10H2,(H,11,12). The van der Waals surface area contributed by atoms with E-state index in [0.717, 1.165) is 23.4 Å². The van der Waals surface area contributed by atoms with Crippen molar-refractivity contribution in [2.24, 2.45) is 0 Å². The molecular weight excluding hydrogens is 150 g/mol. The zero-order chi connectivity index (χ0) is 8.39. The maximum atomic E-state index is 4.38. The van der Waals surface area contributed by atoms with E-state index in [4.69, 9.17) is 0 Å². The summed E-state index contributed by atoms with van der Waals surface area (Å²) < 4.78 is 0. The predicted molar refractivity (Wildman–Crippen MR) is 47.1 cm³/mol. The SMILES string of the molecule is [CH2-][NH2+]Cc1nc2ccccc2[nH]1. The Hall–Kier alpha value is -1.35. The summed E-state index contributed by atoms with van der Waals surface area (Å²) in [5.74, 6) is 0.978. The molecule has 0 saturated carbocycles. The van der Waals surface area contributed by atoms with Crippen LogP contribution in [0.4, 0.5) is 0 Å². The van der Waals surface area contributed by atoms with Crippen molar-refractivity contribution < 1.29 is 5.32 Å². The van der Waals surface area contributed by atoms with Crippen LogP contribution >= 0.6 is 0 Å². The van der Waals surface area contributed by atoms with Crippen LogP contribution in [0.25, 0.3) is 11.0 Å². The van der Waals surface area contributed by atoms with E-state index in [1.54, 1.807) is 0 Å². The molecule has 0 radical (unpaired) electrons. The fourth-order valence-electron chi connectivity index (χ4n) is 1.24. The van der Waals surface area contributed by atoms with Crippen molar-refractivity contribution in [3.63, 3.8) is 0 Å². The topological polar surface area (TPSA) is 45.3 Å². The van der Waals surface area contributed by atoms with Gasteiger partial charge in [-0.1, -0.05) is 12.1 Å². The number of H-pyrrole nitrogens is 1. The molecule has 2 aromatic rings. The summed E-state index contributed by atoms with van der Waals surface area (Å²) in [5.41, 5.74) is 2.11. The highest BCUT2D eigenvalue weighted by molar-refractivity contribution is 5.74. The van der Waals surface area contributed by atoms with E-state index >= 15 is 0 Å². The fraction of sp³-hybridized carbons (Fsp3) is 0.111. The molecule has 0 fully saturated rings. The summed E-state index contributed by atoms with van der Waals surface area (Å²) in [4.78, 5) is 7.59. The van der Waals surface area contributed by atoms with Crippen molar-refractivity contribution in [2.75, 3.05) is 0 Å². The summed E-state index contributed by atoms with van der Waals surface area (Å²) in [7, 11) is 3.67. The van der Waals surface area contributed by atoms with Gasteiger partial charge in [0, 0.05) is 0 Å². The van der Waals surface area contributed by atoms with Crippen LogP contribution in [0, 0.1) is 7.05 Å². The number of benzene rings is 1. The van der Waals surface area contributed by atoms with Gasteiger partial charge < -0.3 is 10.3 Å². The molecule has 62 valence electrons. The molecule has 0 amide bonds. The number of fused-ring (bicyclic) bond motifs is 1. The monoisotopic (exact) mass is 161 g/mol. The van der Waals surface area contributed by atoms with E-state index < -0.39 is 0 Å². The van der Waals surface area contributed by atoms with Gasteiger partial charge >= 0.3 is 0 Å². The molecule has 1 aromatic carbocycles. The summed E-state index contributed by atoms with van der Waals surface area (Å²) in [6.07, 6.45) is 0. The van der Waals surface area contributed by atoms with Gasteiger partial charge in [0.1, 0.15) is 6.54 Å². The largest absolute Gasteiger partial charge is 0.473 e. The smallest absolute Gasteiger partial charge is 0.160 e. The first-order valence-electron chi connectivity index (χ1n) is 3.94. The average molecular weight is 161 g/mol. The Bertz CT molecular complexity index is 345. The number of imidazole rings is 1. The number of rotatable bonds is 2. The normalized spacial score (nSPS) is 10.8. The van der Waals surface area contributed by atoms with Gasteiger partial charge in [-0.3, -0.25) is 0 Å². The van der Waals surface area contributed by atoms with Crippen LogP contribution in [0.2, 0.25) is 0 Å². The molecule has 3 nitrogen and oxygen atoms in total. The number of aromatic amines is 1. The van der Waals surface area contributed by atoms with Crippen molar-refractivity contribution in [3.8, 4) is 0 Å². The van der Waals surface area contributed by atoms with Crippen LogP contribution < -0.4 is 5.32 Å². The molecule has 0 aliphatic carbocycles. The van der Waals surface area contributed by atoms with Crippen LogP contribution in [0.15, 0.2) is 24.3 Å². The molecule has 0 unspecified atom stereocenters. The van der Waals surface area contributed by atoms with Gasteiger partial charge in [0.15, 0.2) is 5.82 Å². The molecule has 1 heterocycles. The summed E-state index contributed by atoms with van der Waals surface area (Å²) >= 11 is 0. The quantitative estimate of drug-likeness (QED) is 0.616. The zero-order valence-corrected chi connectivity index (χ0v) is 6.75. The van der Waals surface area contributed by atoms with Crippen LogP contribution in [0.1, 0.15) is 5.82 Å². The fourth-order valence-corrected chi connectivity index (χ4v) is 1.24. The minimum atomic E-state index is 0.800. The molecule has 3 N–H and O–H groups in total. The first-order valence-corrected chi connectivity index (χ1v) is 3.94. The Morgan fingerprint density at radius 3 is 3.00 bits per heavy atom. The van der Waals surface area contributed by atoms with Gasteiger partial charge in [0.25, 0.3) is 0 Å². The minimum absolute atomic E-state index is 0.800. The van der Waals surface area contributed by atoms with E-state index in [1.807, 2.05) is 29.6 Å². The lowest BCUT2D eigenvalue weighted by molar-refractivity contribution is -0.613. The lowest BCUT2D eigenvalue weighted by Crippen LogP contribution is -2.75. The first-order chi connectivity index (χ1) is 5.90. The second kappa shape index (κ2) is 2.95. The van der Waals surface area contributed by atoms with Crippen molar-refractivity contribution in [1.29, 1.82) is 0 Å². The van der Waals surface area contributed by atoms with Gasteiger partial charge in [0.05, 0.1) is 11.0 Å². The van der Waals surface area contributed by atoms with Crippen LogP contribution in [-0.2, 0) is 6.54 Å². The third kappa shape index (κ3) is 1.19. The summed E-state index contributed by atoms with van der Waals surface area (Å²) in [6, 6.07) is 8.01. The zero-order valence-electron chi connectivity index (χ0n) is 6.75. The second-order valence-corrected chi connectivity index (χ2v) is 2.69. The number of aromatic nitrogens is 2. The van der Waals surface area contributed by atoms with Crippen molar-refractivity contribution in [1.82, 2.24) is 9.97 Å². The molecule has 0 bridgehead atoms. The number of hydrogen-bond acceptors (Lipinski definition) is 1. The van der Waals surface area contributed by atoms with Crippen molar-refractivity contribution in [3.05, 3.63) is 37.1 Å². The van der Waals surface area contributed by atoms with E-state index in [-0.39, 0.29) is 0 Å². The lowest BCUT2D eigenvalue weighted by Gasteiger charge is -1.92. The van der Waals surface area contributed by atoms with Crippen LogP contribution in [-0.4, -0.2) is 9.97 Å². The molecule has 0 saturated heterocycles. The number of nitrogens with zero attached hydrogens (tertiary/aromatic N) is 1. The molecule has 0 aliphatic heterocycles. The Balaban J connectivity index is 2.47. The molecule has 1 aromatic heterocycles.